The van der Waals surface area contributed by atoms with Crippen LogP contribution in [0.2, 0.25) is 0 Å². The summed E-state index contributed by atoms with van der Waals surface area (Å²) in [4.78, 5) is 12.4. The summed E-state index contributed by atoms with van der Waals surface area (Å²) in [6, 6.07) is 0.431. The molecule has 3 heterocycles. The van der Waals surface area contributed by atoms with Crippen LogP contribution in [0.15, 0.2) is 5.38 Å². The number of rotatable bonds is 5. The van der Waals surface area contributed by atoms with Crippen molar-refractivity contribution in [1.29, 1.82) is 0 Å². The number of aromatic nitrogens is 3. The van der Waals surface area contributed by atoms with Crippen molar-refractivity contribution in [2.24, 2.45) is 7.05 Å². The smallest absolute Gasteiger partial charge is 0.126 e. The summed E-state index contributed by atoms with van der Waals surface area (Å²) in [5.74, 6) is 1.27. The maximum Gasteiger partial charge on any atom is 0.126 e. The molecule has 1 saturated heterocycles. The zero-order valence-corrected chi connectivity index (χ0v) is 16.3. The van der Waals surface area contributed by atoms with Gasteiger partial charge in [0.1, 0.15) is 16.9 Å². The highest BCUT2D eigenvalue weighted by molar-refractivity contribution is 7.09. The van der Waals surface area contributed by atoms with Crippen LogP contribution in [0, 0.1) is 0 Å². The van der Waals surface area contributed by atoms with E-state index in [1.54, 1.807) is 18.4 Å². The highest BCUT2D eigenvalue weighted by Crippen LogP contribution is 2.35. The van der Waals surface area contributed by atoms with Crippen molar-refractivity contribution in [3.8, 4) is 0 Å². The second kappa shape index (κ2) is 7.17. The molecule has 2 aromatic rings. The van der Waals surface area contributed by atoms with E-state index in [0.29, 0.717) is 6.04 Å². The molecule has 2 atom stereocenters. The predicted molar refractivity (Wildman–Crippen MR) is 99.8 cm³/mol. The number of fused-ring (bicyclic) bond motifs is 1. The Hall–Kier alpha value is -1.24. The van der Waals surface area contributed by atoms with Gasteiger partial charge in [0, 0.05) is 31.8 Å². The van der Waals surface area contributed by atoms with Gasteiger partial charge in [-0.15, -0.1) is 11.3 Å². The van der Waals surface area contributed by atoms with E-state index < -0.39 is 0 Å². The van der Waals surface area contributed by atoms with Gasteiger partial charge in [-0.2, -0.15) is 0 Å². The molecule has 0 bridgehead atoms. The van der Waals surface area contributed by atoms with Crippen LogP contribution in [0.5, 0.6) is 0 Å². The summed E-state index contributed by atoms with van der Waals surface area (Å²) in [7, 11) is 3.95. The number of nitrogens with zero attached hydrogens (tertiary/aromatic N) is 4. The lowest BCUT2D eigenvalue weighted by Crippen LogP contribution is -2.25. The Kier molecular flexibility index (Phi) is 4.93. The van der Waals surface area contributed by atoms with Crippen molar-refractivity contribution in [3.63, 3.8) is 0 Å². The zero-order valence-electron chi connectivity index (χ0n) is 15.5. The molecule has 25 heavy (non-hydrogen) atoms. The molecule has 136 valence electrons. The Labute approximate surface area is 154 Å². The quantitative estimate of drug-likeness (QED) is 0.813. The van der Waals surface area contributed by atoms with E-state index in [4.69, 9.17) is 14.7 Å². The van der Waals surface area contributed by atoms with Gasteiger partial charge in [0.05, 0.1) is 17.4 Å². The van der Waals surface area contributed by atoms with Crippen molar-refractivity contribution in [2.45, 2.75) is 64.1 Å². The normalized spacial score (nSPS) is 22.3. The first-order valence-corrected chi connectivity index (χ1v) is 10.3. The fraction of sp³-hybridized carbons (Fsp3) is 0.684. The van der Waals surface area contributed by atoms with Crippen LogP contribution in [0.25, 0.3) is 0 Å². The second-order valence-electron chi connectivity index (χ2n) is 7.31. The van der Waals surface area contributed by atoms with Crippen molar-refractivity contribution in [2.75, 3.05) is 13.7 Å². The molecule has 6 heteroatoms. The Bertz CT molecular complexity index is 738. The number of hydrogen-bond acceptors (Lipinski definition) is 5. The van der Waals surface area contributed by atoms with E-state index in [9.17, 15) is 0 Å². The molecule has 1 fully saturated rings. The number of likely N-dealkylation sites (tertiary alicyclic amines) is 1. The first kappa shape index (κ1) is 17.2. The minimum absolute atomic E-state index is 0.0781. The summed E-state index contributed by atoms with van der Waals surface area (Å²) in [5.41, 5.74) is 3.98. The largest absolute Gasteiger partial charge is 0.375 e. The van der Waals surface area contributed by atoms with Gasteiger partial charge in [0.25, 0.3) is 0 Å². The van der Waals surface area contributed by atoms with Crippen molar-refractivity contribution < 1.29 is 4.74 Å². The van der Waals surface area contributed by atoms with E-state index >= 15 is 0 Å². The number of thiazole rings is 1. The number of hydrogen-bond donors (Lipinski definition) is 0. The second-order valence-corrected chi connectivity index (χ2v) is 8.20. The Balaban J connectivity index is 1.53. The monoisotopic (exact) mass is 360 g/mol. The van der Waals surface area contributed by atoms with E-state index in [0.717, 1.165) is 30.2 Å². The lowest BCUT2D eigenvalue weighted by Gasteiger charge is -2.23. The molecule has 0 aromatic carbocycles. The Morgan fingerprint density at radius 1 is 1.28 bits per heavy atom. The average molecular weight is 361 g/mol. The molecule has 0 saturated carbocycles. The summed E-state index contributed by atoms with van der Waals surface area (Å²) >= 11 is 1.70. The molecule has 0 unspecified atom stereocenters. The molecule has 1 aliphatic carbocycles. The molecule has 4 rings (SSSR count). The molecule has 0 amide bonds. The standard InChI is InChI=1S/C19H28N4OS/c1-13(24-3)19-20-14(12-25-19)11-23-10-6-9-17(23)18-21-15-7-4-5-8-16(15)22(18)2/h12-13,17H,4-11H2,1-3H3/t13-,17-/m0/s1. The van der Waals surface area contributed by atoms with Crippen molar-refractivity contribution >= 4 is 11.3 Å². The van der Waals surface area contributed by atoms with Gasteiger partial charge >= 0.3 is 0 Å². The molecular weight excluding hydrogens is 332 g/mol. The zero-order chi connectivity index (χ0) is 17.4. The molecule has 5 nitrogen and oxygen atoms in total. The summed E-state index contributed by atoms with van der Waals surface area (Å²) < 4.78 is 7.78. The molecule has 2 aliphatic rings. The first-order valence-electron chi connectivity index (χ1n) is 9.43. The molecule has 1 aliphatic heterocycles. The Morgan fingerprint density at radius 2 is 2.12 bits per heavy atom. The number of methoxy groups -OCH3 is 1. The lowest BCUT2D eigenvalue weighted by atomic mass is 10.0. The van der Waals surface area contributed by atoms with Crippen LogP contribution in [0.4, 0.5) is 0 Å². The number of ether oxygens (including phenoxy) is 1. The third kappa shape index (κ3) is 3.27. The van der Waals surface area contributed by atoms with Gasteiger partial charge < -0.3 is 9.30 Å². The van der Waals surface area contributed by atoms with Gasteiger partial charge in [-0.05, 0) is 52.0 Å². The number of aryl methyl sites for hydroxylation is 1. The summed E-state index contributed by atoms with van der Waals surface area (Å²) in [6.07, 6.45) is 7.46. The van der Waals surface area contributed by atoms with Gasteiger partial charge in [-0.1, -0.05) is 0 Å². The van der Waals surface area contributed by atoms with Crippen molar-refractivity contribution in [3.05, 3.63) is 33.3 Å². The van der Waals surface area contributed by atoms with Gasteiger partial charge in [-0.3, -0.25) is 4.90 Å². The molecule has 0 spiro atoms. The Morgan fingerprint density at radius 3 is 2.92 bits per heavy atom. The number of imidazole rings is 1. The summed E-state index contributed by atoms with van der Waals surface area (Å²) in [6.45, 7) is 4.10. The third-order valence-corrected chi connectivity index (χ3v) is 6.76. The minimum Gasteiger partial charge on any atom is -0.375 e. The van der Waals surface area contributed by atoms with Gasteiger partial charge in [-0.25, -0.2) is 9.97 Å². The van der Waals surface area contributed by atoms with Crippen LogP contribution >= 0.6 is 11.3 Å². The topological polar surface area (TPSA) is 43.2 Å². The fourth-order valence-corrected chi connectivity index (χ4v) is 5.05. The van der Waals surface area contributed by atoms with Gasteiger partial charge in [0.2, 0.25) is 0 Å². The molecule has 0 N–H and O–H groups in total. The minimum atomic E-state index is 0.0781. The molecule has 2 aromatic heterocycles. The van der Waals surface area contributed by atoms with E-state index in [-0.39, 0.29) is 6.10 Å². The first-order chi connectivity index (χ1) is 12.2. The molecular formula is C19H28N4OS. The van der Waals surface area contributed by atoms with E-state index in [2.05, 4.69) is 28.8 Å². The fourth-order valence-electron chi connectivity index (χ4n) is 4.20. The molecule has 0 radical (unpaired) electrons. The van der Waals surface area contributed by atoms with Gasteiger partial charge in [0.15, 0.2) is 0 Å². The average Bonchev–Trinajstić information content (AvgIpc) is 3.35. The van der Waals surface area contributed by atoms with Crippen molar-refractivity contribution in [1.82, 2.24) is 19.4 Å². The van der Waals surface area contributed by atoms with E-state index in [1.807, 2.05) is 0 Å². The highest BCUT2D eigenvalue weighted by atomic mass is 32.1. The van der Waals surface area contributed by atoms with Crippen LogP contribution in [-0.2, 0) is 31.2 Å². The SMILES string of the molecule is CO[C@@H](C)c1nc(CN2CCC[C@H]2c2nc3c(n2C)CCCC3)cs1. The van der Waals surface area contributed by atoms with Crippen LogP contribution in [-0.4, -0.2) is 33.1 Å². The summed E-state index contributed by atoms with van der Waals surface area (Å²) in [5, 5.41) is 3.25. The van der Waals surface area contributed by atoms with Crippen LogP contribution < -0.4 is 0 Å². The highest BCUT2D eigenvalue weighted by Gasteiger charge is 2.32. The van der Waals surface area contributed by atoms with Crippen LogP contribution in [0.3, 0.4) is 0 Å². The lowest BCUT2D eigenvalue weighted by molar-refractivity contribution is 0.119. The third-order valence-electron chi connectivity index (χ3n) is 5.71. The maximum absolute atomic E-state index is 5.39. The predicted octanol–water partition coefficient (Wildman–Crippen LogP) is 3.80. The van der Waals surface area contributed by atoms with E-state index in [1.165, 1.54) is 49.3 Å². The maximum atomic E-state index is 5.39. The van der Waals surface area contributed by atoms with Crippen LogP contribution in [0.1, 0.15) is 72.7 Å².